The largest absolute Gasteiger partial charge is 0.462 e. The number of thiocarbonyl (C=S) groups is 1. The summed E-state index contributed by atoms with van der Waals surface area (Å²) >= 11 is 5.27. The van der Waals surface area contributed by atoms with Crippen LogP contribution in [0.4, 0.5) is 5.69 Å². The predicted octanol–water partition coefficient (Wildman–Crippen LogP) is 2.57. The molecule has 1 aromatic heterocycles. The number of ether oxygens (including phenoxy) is 1. The molecule has 0 fully saturated rings. The number of aromatic nitrogens is 2. The smallest absolute Gasteiger partial charge is 0.338 e. The second kappa shape index (κ2) is 8.28. The zero-order chi connectivity index (χ0) is 16.7. The fraction of sp³-hybridized carbons (Fsp3) is 0.312. The molecular weight excluding hydrogens is 312 g/mol. The summed E-state index contributed by atoms with van der Waals surface area (Å²) < 4.78 is 6.85. The minimum Gasteiger partial charge on any atom is -0.462 e. The highest BCUT2D eigenvalue weighted by atomic mass is 32.1. The van der Waals surface area contributed by atoms with Crippen LogP contribution in [0.3, 0.4) is 0 Å². The maximum Gasteiger partial charge on any atom is 0.338 e. The van der Waals surface area contributed by atoms with Gasteiger partial charge >= 0.3 is 5.97 Å². The van der Waals surface area contributed by atoms with Gasteiger partial charge in [0.2, 0.25) is 0 Å². The molecule has 2 aromatic rings. The van der Waals surface area contributed by atoms with Crippen LogP contribution in [0.1, 0.15) is 29.9 Å². The Labute approximate surface area is 140 Å². The van der Waals surface area contributed by atoms with Gasteiger partial charge in [0, 0.05) is 18.4 Å². The van der Waals surface area contributed by atoms with Crippen molar-refractivity contribution < 1.29 is 9.53 Å². The molecule has 0 amide bonds. The molecule has 6 nitrogen and oxygen atoms in total. The first-order chi connectivity index (χ1) is 11.1. The number of benzene rings is 1. The number of esters is 1. The summed E-state index contributed by atoms with van der Waals surface area (Å²) in [5, 5.41) is 10.9. The van der Waals surface area contributed by atoms with Crippen LogP contribution >= 0.6 is 12.2 Å². The van der Waals surface area contributed by atoms with E-state index in [-0.39, 0.29) is 5.97 Å². The van der Waals surface area contributed by atoms with Gasteiger partial charge in [0.15, 0.2) is 5.11 Å². The number of anilines is 1. The minimum absolute atomic E-state index is 0.326. The van der Waals surface area contributed by atoms with Crippen LogP contribution in [0, 0.1) is 0 Å². The Morgan fingerprint density at radius 3 is 2.65 bits per heavy atom. The van der Waals surface area contributed by atoms with Gasteiger partial charge in [-0.15, -0.1) is 0 Å². The Balaban J connectivity index is 1.86. The van der Waals surface area contributed by atoms with Gasteiger partial charge in [-0.2, -0.15) is 5.10 Å². The molecule has 0 unspecified atom stereocenters. The van der Waals surface area contributed by atoms with E-state index in [1.54, 1.807) is 37.4 Å². The lowest BCUT2D eigenvalue weighted by Gasteiger charge is -2.11. The van der Waals surface area contributed by atoms with Crippen LogP contribution in [0.15, 0.2) is 36.5 Å². The fourth-order valence-electron chi connectivity index (χ4n) is 2.05. The van der Waals surface area contributed by atoms with Crippen molar-refractivity contribution in [1.29, 1.82) is 0 Å². The van der Waals surface area contributed by atoms with Crippen molar-refractivity contribution in [3.8, 4) is 0 Å². The Kier molecular flexibility index (Phi) is 6.10. The first-order valence-corrected chi connectivity index (χ1v) is 7.87. The Hall–Kier alpha value is -2.41. The molecule has 122 valence electrons. The number of nitrogens with zero attached hydrogens (tertiary/aromatic N) is 2. The van der Waals surface area contributed by atoms with E-state index in [1.807, 2.05) is 17.7 Å². The van der Waals surface area contributed by atoms with Crippen LogP contribution in [0.2, 0.25) is 0 Å². The zero-order valence-corrected chi connectivity index (χ0v) is 14.0. The summed E-state index contributed by atoms with van der Waals surface area (Å²) in [5.74, 6) is -0.326. The molecule has 0 saturated carbocycles. The molecule has 0 spiro atoms. The van der Waals surface area contributed by atoms with Gasteiger partial charge in [-0.25, -0.2) is 4.79 Å². The van der Waals surface area contributed by atoms with Crippen molar-refractivity contribution in [2.24, 2.45) is 0 Å². The third-order valence-corrected chi connectivity index (χ3v) is 3.43. The van der Waals surface area contributed by atoms with Crippen molar-refractivity contribution in [3.05, 3.63) is 47.8 Å². The summed E-state index contributed by atoms with van der Waals surface area (Å²) in [6, 6.07) is 8.94. The second-order valence-electron chi connectivity index (χ2n) is 4.74. The fourth-order valence-corrected chi connectivity index (χ4v) is 2.24. The van der Waals surface area contributed by atoms with Gasteiger partial charge in [0.05, 0.1) is 24.4 Å². The van der Waals surface area contributed by atoms with Gasteiger partial charge in [0.25, 0.3) is 0 Å². The van der Waals surface area contributed by atoms with E-state index >= 15 is 0 Å². The van der Waals surface area contributed by atoms with Gasteiger partial charge < -0.3 is 15.4 Å². The Morgan fingerprint density at radius 2 is 2.00 bits per heavy atom. The molecule has 0 radical (unpaired) electrons. The topological polar surface area (TPSA) is 68.2 Å². The normalized spacial score (nSPS) is 10.2. The van der Waals surface area contributed by atoms with Crippen molar-refractivity contribution in [3.63, 3.8) is 0 Å². The Bertz CT molecular complexity index is 667. The molecule has 2 rings (SSSR count). The molecule has 1 aromatic carbocycles. The van der Waals surface area contributed by atoms with E-state index in [0.29, 0.717) is 23.8 Å². The van der Waals surface area contributed by atoms with E-state index in [0.717, 1.165) is 17.9 Å². The first kappa shape index (κ1) is 17.0. The van der Waals surface area contributed by atoms with Crippen LogP contribution in [0.25, 0.3) is 0 Å². The molecule has 1 heterocycles. The number of hydrogen-bond donors (Lipinski definition) is 2. The SMILES string of the molecule is CCOC(=O)c1ccc(NC(=S)NCc2ccnn2CC)cc1. The highest BCUT2D eigenvalue weighted by Crippen LogP contribution is 2.10. The highest BCUT2D eigenvalue weighted by molar-refractivity contribution is 7.80. The monoisotopic (exact) mass is 332 g/mol. The minimum atomic E-state index is -0.326. The molecule has 0 atom stereocenters. The van der Waals surface area contributed by atoms with Gasteiger partial charge in [-0.1, -0.05) is 0 Å². The summed E-state index contributed by atoms with van der Waals surface area (Å²) in [6.07, 6.45) is 1.77. The number of carbonyl (C=O) groups is 1. The van der Waals surface area contributed by atoms with E-state index < -0.39 is 0 Å². The number of hydrogen-bond acceptors (Lipinski definition) is 4. The van der Waals surface area contributed by atoms with E-state index in [1.165, 1.54) is 0 Å². The van der Waals surface area contributed by atoms with Crippen molar-refractivity contribution in [1.82, 2.24) is 15.1 Å². The lowest BCUT2D eigenvalue weighted by molar-refractivity contribution is 0.0526. The summed E-state index contributed by atoms with van der Waals surface area (Å²) in [6.45, 7) is 5.60. The molecule has 7 heteroatoms. The molecule has 0 saturated heterocycles. The number of aryl methyl sites for hydroxylation is 1. The van der Waals surface area contributed by atoms with Gasteiger partial charge in [0.1, 0.15) is 0 Å². The average Bonchev–Trinajstić information content (AvgIpc) is 3.01. The Morgan fingerprint density at radius 1 is 1.26 bits per heavy atom. The number of nitrogens with one attached hydrogen (secondary N) is 2. The summed E-state index contributed by atoms with van der Waals surface area (Å²) in [5.41, 5.74) is 2.39. The van der Waals surface area contributed by atoms with Crippen LogP contribution in [-0.2, 0) is 17.8 Å². The van der Waals surface area contributed by atoms with Crippen LogP contribution in [-0.4, -0.2) is 27.5 Å². The van der Waals surface area contributed by atoms with Crippen LogP contribution < -0.4 is 10.6 Å². The van der Waals surface area contributed by atoms with Crippen molar-refractivity contribution in [2.75, 3.05) is 11.9 Å². The summed E-state index contributed by atoms with van der Waals surface area (Å²) in [4.78, 5) is 11.6. The molecule has 0 aliphatic carbocycles. The maximum atomic E-state index is 11.6. The molecule has 0 aliphatic rings. The second-order valence-corrected chi connectivity index (χ2v) is 5.15. The maximum absolute atomic E-state index is 11.6. The molecule has 2 N–H and O–H groups in total. The standard InChI is InChI=1S/C16H20N4O2S/c1-3-20-14(9-10-18-20)11-17-16(23)19-13-7-5-12(6-8-13)15(21)22-4-2/h5-10H,3-4,11H2,1-2H3,(H2,17,19,23). The third kappa shape index (κ3) is 4.79. The zero-order valence-electron chi connectivity index (χ0n) is 13.2. The van der Waals surface area contributed by atoms with Crippen molar-refractivity contribution >= 4 is 29.0 Å². The summed E-state index contributed by atoms with van der Waals surface area (Å²) in [7, 11) is 0. The molecular formula is C16H20N4O2S. The van der Waals surface area contributed by atoms with Gasteiger partial charge in [-0.3, -0.25) is 4.68 Å². The van der Waals surface area contributed by atoms with E-state index in [2.05, 4.69) is 15.7 Å². The lowest BCUT2D eigenvalue weighted by Crippen LogP contribution is -2.28. The average molecular weight is 332 g/mol. The molecule has 23 heavy (non-hydrogen) atoms. The number of carbonyl (C=O) groups excluding carboxylic acids is 1. The predicted molar refractivity (Wildman–Crippen MR) is 93.4 cm³/mol. The molecule has 0 aliphatic heterocycles. The van der Waals surface area contributed by atoms with Gasteiger partial charge in [-0.05, 0) is 56.4 Å². The quantitative estimate of drug-likeness (QED) is 0.626. The number of rotatable bonds is 6. The van der Waals surface area contributed by atoms with E-state index in [4.69, 9.17) is 17.0 Å². The highest BCUT2D eigenvalue weighted by Gasteiger charge is 2.06. The lowest BCUT2D eigenvalue weighted by atomic mass is 10.2. The first-order valence-electron chi connectivity index (χ1n) is 7.46. The molecule has 0 bridgehead atoms. The van der Waals surface area contributed by atoms with Crippen molar-refractivity contribution in [2.45, 2.75) is 26.9 Å². The van der Waals surface area contributed by atoms with Crippen LogP contribution in [0.5, 0.6) is 0 Å². The third-order valence-electron chi connectivity index (χ3n) is 3.19. The van der Waals surface area contributed by atoms with E-state index in [9.17, 15) is 4.79 Å².